The van der Waals surface area contributed by atoms with Gasteiger partial charge in [-0.3, -0.25) is 0 Å². The average molecular weight is 262 g/mol. The van der Waals surface area contributed by atoms with Crippen LogP contribution < -0.4 is 5.32 Å². The van der Waals surface area contributed by atoms with Crippen molar-refractivity contribution in [1.29, 1.82) is 0 Å². The molecule has 0 spiro atoms. The molecule has 0 bridgehead atoms. The standard InChI is InChI=1S/C12H26N2O2S/c1-10(2)13-8-9-17(15,16)14-11(3)6-5-7-12(14)4/h10-13H,5-9H2,1-4H3. The van der Waals surface area contributed by atoms with Crippen LogP contribution >= 0.6 is 0 Å². The Morgan fingerprint density at radius 3 is 2.24 bits per heavy atom. The van der Waals surface area contributed by atoms with Crippen molar-refractivity contribution in [3.8, 4) is 0 Å². The van der Waals surface area contributed by atoms with E-state index in [1.54, 1.807) is 4.31 Å². The Kier molecular flexibility index (Phi) is 5.41. The first-order valence-corrected chi connectivity index (χ1v) is 8.20. The monoisotopic (exact) mass is 262 g/mol. The van der Waals surface area contributed by atoms with Gasteiger partial charge in [-0.1, -0.05) is 20.3 Å². The molecule has 102 valence electrons. The highest BCUT2D eigenvalue weighted by Crippen LogP contribution is 2.25. The number of rotatable bonds is 5. The number of hydrogen-bond acceptors (Lipinski definition) is 3. The zero-order valence-electron chi connectivity index (χ0n) is 11.4. The second-order valence-electron chi connectivity index (χ2n) is 5.38. The molecule has 17 heavy (non-hydrogen) atoms. The molecule has 1 aliphatic heterocycles. The van der Waals surface area contributed by atoms with E-state index in [1.165, 1.54) is 0 Å². The summed E-state index contributed by atoms with van der Waals surface area (Å²) in [5, 5.41) is 3.16. The first kappa shape index (κ1) is 14.9. The minimum Gasteiger partial charge on any atom is -0.313 e. The zero-order valence-corrected chi connectivity index (χ0v) is 12.3. The highest BCUT2D eigenvalue weighted by atomic mass is 32.2. The Hall–Kier alpha value is -0.130. The van der Waals surface area contributed by atoms with Crippen LogP contribution in [0.5, 0.6) is 0 Å². The fourth-order valence-corrected chi connectivity index (χ4v) is 4.42. The topological polar surface area (TPSA) is 49.4 Å². The van der Waals surface area contributed by atoms with Gasteiger partial charge in [0.05, 0.1) is 5.75 Å². The number of sulfonamides is 1. The van der Waals surface area contributed by atoms with Crippen LogP contribution in [0.1, 0.15) is 47.0 Å². The van der Waals surface area contributed by atoms with E-state index in [0.29, 0.717) is 12.6 Å². The van der Waals surface area contributed by atoms with Gasteiger partial charge in [-0.15, -0.1) is 0 Å². The molecule has 0 amide bonds. The highest BCUT2D eigenvalue weighted by molar-refractivity contribution is 7.89. The van der Waals surface area contributed by atoms with Crippen molar-refractivity contribution in [1.82, 2.24) is 9.62 Å². The summed E-state index contributed by atoms with van der Waals surface area (Å²) in [4.78, 5) is 0. The van der Waals surface area contributed by atoms with Crippen molar-refractivity contribution >= 4 is 10.0 Å². The average Bonchev–Trinajstić information content (AvgIpc) is 2.15. The molecule has 1 aliphatic rings. The summed E-state index contributed by atoms with van der Waals surface area (Å²) < 4.78 is 26.3. The third-order valence-electron chi connectivity index (χ3n) is 3.35. The lowest BCUT2D eigenvalue weighted by molar-refractivity contribution is 0.204. The molecule has 0 radical (unpaired) electrons. The molecule has 2 unspecified atom stereocenters. The van der Waals surface area contributed by atoms with Gasteiger partial charge in [-0.25, -0.2) is 8.42 Å². The zero-order chi connectivity index (χ0) is 13.1. The predicted molar refractivity (Wildman–Crippen MR) is 71.5 cm³/mol. The van der Waals surface area contributed by atoms with E-state index in [0.717, 1.165) is 19.3 Å². The molecule has 1 fully saturated rings. The van der Waals surface area contributed by atoms with E-state index in [-0.39, 0.29) is 17.8 Å². The van der Waals surface area contributed by atoms with Crippen LogP contribution in [0.2, 0.25) is 0 Å². The van der Waals surface area contributed by atoms with E-state index in [9.17, 15) is 8.42 Å². The van der Waals surface area contributed by atoms with Gasteiger partial charge in [0.1, 0.15) is 0 Å². The van der Waals surface area contributed by atoms with Crippen molar-refractivity contribution in [2.75, 3.05) is 12.3 Å². The van der Waals surface area contributed by atoms with Gasteiger partial charge in [-0.2, -0.15) is 4.31 Å². The lowest BCUT2D eigenvalue weighted by Crippen LogP contribution is -2.49. The van der Waals surface area contributed by atoms with Crippen molar-refractivity contribution in [3.05, 3.63) is 0 Å². The Morgan fingerprint density at radius 1 is 1.24 bits per heavy atom. The van der Waals surface area contributed by atoms with Crippen molar-refractivity contribution < 1.29 is 8.42 Å². The first-order valence-electron chi connectivity index (χ1n) is 6.59. The fraction of sp³-hybridized carbons (Fsp3) is 1.00. The van der Waals surface area contributed by atoms with Gasteiger partial charge in [-0.05, 0) is 26.7 Å². The quantitative estimate of drug-likeness (QED) is 0.818. The molecule has 5 heteroatoms. The molecule has 0 aromatic rings. The number of nitrogens with one attached hydrogen (secondary N) is 1. The summed E-state index contributed by atoms with van der Waals surface area (Å²) in [6.45, 7) is 8.62. The molecule has 0 saturated carbocycles. The van der Waals surface area contributed by atoms with Gasteiger partial charge in [0.15, 0.2) is 0 Å². The van der Waals surface area contributed by atoms with E-state index >= 15 is 0 Å². The molecule has 1 rings (SSSR count). The minimum absolute atomic E-state index is 0.155. The van der Waals surface area contributed by atoms with Gasteiger partial charge >= 0.3 is 0 Å². The number of hydrogen-bond donors (Lipinski definition) is 1. The summed E-state index contributed by atoms with van der Waals surface area (Å²) in [6, 6.07) is 0.645. The summed E-state index contributed by atoms with van der Waals surface area (Å²) in [7, 11) is -3.11. The normalized spacial score (nSPS) is 27.6. The van der Waals surface area contributed by atoms with Crippen molar-refractivity contribution in [3.63, 3.8) is 0 Å². The van der Waals surface area contributed by atoms with Crippen LogP contribution in [0.15, 0.2) is 0 Å². The molecule has 0 aromatic carbocycles. The first-order chi connectivity index (χ1) is 7.84. The third kappa shape index (κ3) is 4.23. The molecule has 1 saturated heterocycles. The molecule has 2 atom stereocenters. The molecule has 0 aliphatic carbocycles. The molecule has 0 aromatic heterocycles. The largest absolute Gasteiger partial charge is 0.313 e. The summed E-state index contributed by atoms with van der Waals surface area (Å²) in [6.07, 6.45) is 3.11. The molecule has 1 heterocycles. The van der Waals surface area contributed by atoms with Crippen LogP contribution in [0.3, 0.4) is 0 Å². The van der Waals surface area contributed by atoms with E-state index < -0.39 is 10.0 Å². The van der Waals surface area contributed by atoms with Crippen molar-refractivity contribution in [2.45, 2.75) is 65.1 Å². The minimum atomic E-state index is -3.11. The molecule has 4 nitrogen and oxygen atoms in total. The third-order valence-corrected chi connectivity index (χ3v) is 5.43. The van der Waals surface area contributed by atoms with E-state index in [4.69, 9.17) is 0 Å². The van der Waals surface area contributed by atoms with Crippen LogP contribution in [0.25, 0.3) is 0 Å². The van der Waals surface area contributed by atoms with Crippen LogP contribution in [0.4, 0.5) is 0 Å². The van der Waals surface area contributed by atoms with Gasteiger partial charge in [0.2, 0.25) is 10.0 Å². The van der Waals surface area contributed by atoms with Gasteiger partial charge < -0.3 is 5.32 Å². The second-order valence-corrected chi connectivity index (χ2v) is 7.38. The second kappa shape index (κ2) is 6.16. The Labute approximate surface area is 106 Å². The van der Waals surface area contributed by atoms with Crippen LogP contribution in [-0.2, 0) is 10.0 Å². The summed E-state index contributed by atoms with van der Waals surface area (Å²) in [5.74, 6) is 0.208. The van der Waals surface area contributed by atoms with Crippen molar-refractivity contribution in [2.24, 2.45) is 0 Å². The Morgan fingerprint density at radius 2 is 1.76 bits per heavy atom. The van der Waals surface area contributed by atoms with Crippen LogP contribution in [-0.4, -0.2) is 43.1 Å². The number of piperidine rings is 1. The SMILES string of the molecule is CC(C)NCCS(=O)(=O)N1C(C)CCCC1C. The maximum Gasteiger partial charge on any atom is 0.215 e. The van der Waals surface area contributed by atoms with Crippen LogP contribution in [0, 0.1) is 0 Å². The number of nitrogens with zero attached hydrogens (tertiary/aromatic N) is 1. The van der Waals surface area contributed by atoms with Gasteiger partial charge in [0, 0.05) is 24.7 Å². The molecular formula is C12H26N2O2S. The smallest absolute Gasteiger partial charge is 0.215 e. The Bertz CT molecular complexity index is 317. The highest BCUT2D eigenvalue weighted by Gasteiger charge is 2.33. The van der Waals surface area contributed by atoms with E-state index in [2.05, 4.69) is 5.32 Å². The predicted octanol–water partition coefficient (Wildman–Crippen LogP) is 1.58. The molecular weight excluding hydrogens is 236 g/mol. The summed E-state index contributed by atoms with van der Waals surface area (Å²) in [5.41, 5.74) is 0. The van der Waals surface area contributed by atoms with E-state index in [1.807, 2.05) is 27.7 Å². The Balaban J connectivity index is 2.61. The molecule has 1 N–H and O–H groups in total. The maximum atomic E-state index is 12.3. The van der Waals surface area contributed by atoms with Gasteiger partial charge in [0.25, 0.3) is 0 Å². The summed E-state index contributed by atoms with van der Waals surface area (Å²) >= 11 is 0. The fourth-order valence-electron chi connectivity index (χ4n) is 2.53. The maximum absolute atomic E-state index is 12.3. The lowest BCUT2D eigenvalue weighted by Gasteiger charge is -2.37. The lowest BCUT2D eigenvalue weighted by atomic mass is 10.0.